The first-order valence-corrected chi connectivity index (χ1v) is 11.3. The Morgan fingerprint density at radius 1 is 0.750 bits per heavy atom. The lowest BCUT2D eigenvalue weighted by molar-refractivity contribution is 0.766. The van der Waals surface area contributed by atoms with Crippen molar-refractivity contribution in [2.75, 3.05) is 0 Å². The summed E-state index contributed by atoms with van der Waals surface area (Å²) in [6.07, 6.45) is 10.5. The highest BCUT2D eigenvalue weighted by molar-refractivity contribution is 6.06. The summed E-state index contributed by atoms with van der Waals surface area (Å²) in [7, 11) is 0. The van der Waals surface area contributed by atoms with Crippen molar-refractivity contribution in [1.29, 1.82) is 0 Å². The zero-order valence-corrected chi connectivity index (χ0v) is 17.7. The Morgan fingerprint density at radius 2 is 1.53 bits per heavy atom. The van der Waals surface area contributed by atoms with Gasteiger partial charge < -0.3 is 4.98 Å². The third-order valence-electron chi connectivity index (χ3n) is 7.27. The summed E-state index contributed by atoms with van der Waals surface area (Å²) >= 11 is 0. The van der Waals surface area contributed by atoms with Crippen molar-refractivity contribution in [3.05, 3.63) is 131 Å². The van der Waals surface area contributed by atoms with E-state index in [-0.39, 0.29) is 5.41 Å². The van der Waals surface area contributed by atoms with Gasteiger partial charge in [-0.25, -0.2) is 0 Å². The second-order valence-corrected chi connectivity index (χ2v) is 8.77. The normalized spacial score (nSPS) is 18.4. The predicted octanol–water partition coefficient (Wildman–Crippen LogP) is 6.89. The average molecular weight is 411 g/mol. The van der Waals surface area contributed by atoms with Crippen molar-refractivity contribution in [2.24, 2.45) is 0 Å². The summed E-state index contributed by atoms with van der Waals surface area (Å²) in [5, 5.41) is 1.39. The van der Waals surface area contributed by atoms with E-state index >= 15 is 0 Å². The number of allylic oxidation sites excluding steroid dienone is 1. The Bertz CT molecular complexity index is 1470. The highest BCUT2D eigenvalue weighted by atomic mass is 14.7. The van der Waals surface area contributed by atoms with E-state index in [9.17, 15) is 0 Å². The molecule has 7 rings (SSSR count). The smallest absolute Gasteiger partial charge is 0.0714 e. The van der Waals surface area contributed by atoms with Gasteiger partial charge in [0, 0.05) is 29.0 Å². The fraction of sp³-hybridized carbons (Fsp3) is 0.100. The van der Waals surface area contributed by atoms with Crippen LogP contribution in [0.4, 0.5) is 0 Å². The number of nitrogens with one attached hydrogen (secondary N) is 1. The van der Waals surface area contributed by atoms with Crippen LogP contribution in [0.3, 0.4) is 0 Å². The molecule has 0 radical (unpaired) electrons. The molecule has 2 aromatic heterocycles. The summed E-state index contributed by atoms with van der Waals surface area (Å²) in [5.74, 6) is 0. The molecule has 2 heterocycles. The molecule has 0 fully saturated rings. The molecule has 0 saturated carbocycles. The van der Waals surface area contributed by atoms with Crippen LogP contribution in [0.2, 0.25) is 0 Å². The number of aromatic nitrogens is 2. The summed E-state index contributed by atoms with van der Waals surface area (Å²) in [6.45, 7) is 0. The standard InChI is InChI=1S/C30H22N2/c1-2-8-20(9-3-1)30(21-16-18-31-19-17-21)24-12-6-4-10-22(24)28-25(30)14-15-27-29(28)23-11-5-7-13-26(23)32-27/h1-4,6-10,12-19,32H,5,11H2. The van der Waals surface area contributed by atoms with Crippen molar-refractivity contribution in [1.82, 2.24) is 9.97 Å². The molecule has 0 aliphatic heterocycles. The van der Waals surface area contributed by atoms with Crippen LogP contribution in [0.5, 0.6) is 0 Å². The van der Waals surface area contributed by atoms with Gasteiger partial charge >= 0.3 is 0 Å². The molecule has 5 aromatic rings. The minimum absolute atomic E-state index is 0.362. The van der Waals surface area contributed by atoms with Gasteiger partial charge in [0.1, 0.15) is 0 Å². The van der Waals surface area contributed by atoms with Crippen molar-refractivity contribution < 1.29 is 0 Å². The largest absolute Gasteiger partial charge is 0.355 e. The van der Waals surface area contributed by atoms with Gasteiger partial charge in [0.25, 0.3) is 0 Å². The SMILES string of the molecule is C1=Cc2[nH]c3ccc4c(c3c2CC1)-c1ccccc1C4(c1ccccc1)c1ccncc1. The van der Waals surface area contributed by atoms with Crippen LogP contribution in [-0.2, 0) is 11.8 Å². The van der Waals surface area contributed by atoms with E-state index in [0.29, 0.717) is 0 Å². The first-order chi connectivity index (χ1) is 15.9. The zero-order valence-electron chi connectivity index (χ0n) is 17.7. The van der Waals surface area contributed by atoms with Gasteiger partial charge in [-0.3, -0.25) is 4.98 Å². The maximum Gasteiger partial charge on any atom is 0.0714 e. The highest BCUT2D eigenvalue weighted by Gasteiger charge is 2.47. The fourth-order valence-corrected chi connectivity index (χ4v) is 6.05. The van der Waals surface area contributed by atoms with Gasteiger partial charge in [-0.1, -0.05) is 66.7 Å². The van der Waals surface area contributed by atoms with Gasteiger partial charge in [-0.15, -0.1) is 0 Å². The molecule has 0 amide bonds. The molecule has 152 valence electrons. The number of hydrogen-bond acceptors (Lipinski definition) is 1. The number of aromatic amines is 1. The Balaban J connectivity index is 1.70. The lowest BCUT2D eigenvalue weighted by Crippen LogP contribution is -2.28. The number of pyridine rings is 1. The van der Waals surface area contributed by atoms with Crippen molar-refractivity contribution >= 4 is 17.0 Å². The van der Waals surface area contributed by atoms with E-state index in [0.717, 1.165) is 12.8 Å². The number of benzene rings is 3. The summed E-state index contributed by atoms with van der Waals surface area (Å²) in [6, 6.07) is 28.9. The molecule has 2 aliphatic carbocycles. The van der Waals surface area contributed by atoms with Gasteiger partial charge in [0.05, 0.1) is 5.41 Å². The summed E-state index contributed by atoms with van der Waals surface area (Å²) < 4.78 is 0. The van der Waals surface area contributed by atoms with Gasteiger partial charge in [-0.2, -0.15) is 0 Å². The van der Waals surface area contributed by atoms with Crippen LogP contribution in [0.1, 0.15) is 39.9 Å². The Kier molecular flexibility index (Phi) is 3.63. The number of H-pyrrole nitrogens is 1. The molecule has 0 saturated heterocycles. The third kappa shape index (κ3) is 2.17. The molecule has 2 heteroatoms. The molecule has 32 heavy (non-hydrogen) atoms. The molecule has 3 aromatic carbocycles. The zero-order chi connectivity index (χ0) is 21.1. The molecule has 0 bridgehead atoms. The maximum atomic E-state index is 4.34. The second kappa shape index (κ2) is 6.54. The van der Waals surface area contributed by atoms with Crippen molar-refractivity contribution in [3.63, 3.8) is 0 Å². The molecule has 2 nitrogen and oxygen atoms in total. The van der Waals surface area contributed by atoms with Crippen LogP contribution in [0, 0.1) is 0 Å². The van der Waals surface area contributed by atoms with Crippen LogP contribution < -0.4 is 0 Å². The minimum Gasteiger partial charge on any atom is -0.355 e. The van der Waals surface area contributed by atoms with E-state index < -0.39 is 0 Å². The number of fused-ring (bicyclic) bond motifs is 7. The topological polar surface area (TPSA) is 28.7 Å². The van der Waals surface area contributed by atoms with E-state index in [1.54, 1.807) is 0 Å². The minimum atomic E-state index is -0.362. The molecule has 0 spiro atoms. The van der Waals surface area contributed by atoms with E-state index in [4.69, 9.17) is 0 Å². The van der Waals surface area contributed by atoms with Crippen LogP contribution in [-0.4, -0.2) is 9.97 Å². The predicted molar refractivity (Wildman–Crippen MR) is 131 cm³/mol. The van der Waals surface area contributed by atoms with Gasteiger partial charge in [0.2, 0.25) is 0 Å². The third-order valence-corrected chi connectivity index (χ3v) is 7.27. The van der Waals surface area contributed by atoms with Crippen molar-refractivity contribution in [2.45, 2.75) is 18.3 Å². The fourth-order valence-electron chi connectivity index (χ4n) is 6.05. The number of hydrogen-bond donors (Lipinski definition) is 1. The van der Waals surface area contributed by atoms with Crippen molar-refractivity contribution in [3.8, 4) is 11.1 Å². The van der Waals surface area contributed by atoms with Gasteiger partial charge in [0.15, 0.2) is 0 Å². The van der Waals surface area contributed by atoms with Crippen LogP contribution >= 0.6 is 0 Å². The van der Waals surface area contributed by atoms with Crippen LogP contribution in [0.25, 0.3) is 28.1 Å². The molecule has 1 N–H and O–H groups in total. The Labute approximate surface area is 187 Å². The number of rotatable bonds is 2. The average Bonchev–Trinajstić information content (AvgIpc) is 3.39. The van der Waals surface area contributed by atoms with E-state index in [1.165, 1.54) is 55.5 Å². The van der Waals surface area contributed by atoms with Crippen LogP contribution in [0.15, 0.2) is 97.3 Å². The monoisotopic (exact) mass is 410 g/mol. The number of nitrogens with zero attached hydrogens (tertiary/aromatic N) is 1. The van der Waals surface area contributed by atoms with E-state index in [2.05, 4.69) is 101 Å². The van der Waals surface area contributed by atoms with E-state index in [1.807, 2.05) is 12.4 Å². The highest BCUT2D eigenvalue weighted by Crippen LogP contribution is 2.58. The summed E-state index contributed by atoms with van der Waals surface area (Å²) in [5.41, 5.74) is 11.6. The lowest BCUT2D eigenvalue weighted by Gasteiger charge is -2.33. The first-order valence-electron chi connectivity index (χ1n) is 11.3. The second-order valence-electron chi connectivity index (χ2n) is 8.77. The molecular formula is C30H22N2. The molecule has 1 unspecified atom stereocenters. The molecule has 2 aliphatic rings. The Morgan fingerprint density at radius 3 is 2.41 bits per heavy atom. The molecule has 1 atom stereocenters. The lowest BCUT2D eigenvalue weighted by atomic mass is 9.68. The Hall–Kier alpha value is -3.91. The number of aryl methyl sites for hydroxylation is 1. The first kappa shape index (κ1) is 17.7. The quantitative estimate of drug-likeness (QED) is 0.331. The maximum absolute atomic E-state index is 4.34. The summed E-state index contributed by atoms with van der Waals surface area (Å²) in [4.78, 5) is 8.03. The van der Waals surface area contributed by atoms with Gasteiger partial charge in [-0.05, 0) is 76.1 Å². The molecular weight excluding hydrogens is 388 g/mol.